The Morgan fingerprint density at radius 3 is 2.68 bits per heavy atom. The summed E-state index contributed by atoms with van der Waals surface area (Å²) in [7, 11) is 0. The number of nitrogen functional groups attached to an aromatic ring is 1. The Bertz CT molecular complexity index is 489. The maximum absolute atomic E-state index is 14.0. The number of nitrogens with two attached hydrogens (primary N) is 1. The lowest BCUT2D eigenvalue weighted by atomic mass is 9.81. The van der Waals surface area contributed by atoms with Crippen LogP contribution in [0, 0.1) is 5.82 Å². The lowest BCUT2D eigenvalue weighted by Crippen LogP contribution is -2.30. The average molecular weight is 265 g/mol. The van der Waals surface area contributed by atoms with Crippen molar-refractivity contribution in [1.82, 2.24) is 0 Å². The molecule has 0 aromatic heterocycles. The first kappa shape index (κ1) is 12.9. The molecule has 1 aliphatic carbocycles. The quantitative estimate of drug-likeness (QED) is 0.793. The lowest BCUT2D eigenvalue weighted by molar-refractivity contribution is -0.145. The highest BCUT2D eigenvalue weighted by atomic mass is 19.1. The largest absolute Gasteiger partial charge is 0.399 e. The average Bonchev–Trinajstić information content (AvgIpc) is 2.61. The summed E-state index contributed by atoms with van der Waals surface area (Å²) >= 11 is 0. The van der Waals surface area contributed by atoms with Gasteiger partial charge in [0.25, 0.3) is 0 Å². The highest BCUT2D eigenvalue weighted by molar-refractivity contribution is 5.41. The third-order valence-electron chi connectivity index (χ3n) is 4.07. The van der Waals surface area contributed by atoms with Crippen LogP contribution in [0.4, 0.5) is 10.1 Å². The molecule has 1 aromatic rings. The van der Waals surface area contributed by atoms with Gasteiger partial charge in [-0.25, -0.2) is 4.39 Å². The predicted octanol–water partition coefficient (Wildman–Crippen LogP) is 3.20. The van der Waals surface area contributed by atoms with Crippen molar-refractivity contribution in [2.24, 2.45) is 0 Å². The van der Waals surface area contributed by atoms with Crippen LogP contribution in [0.15, 0.2) is 18.2 Å². The number of fused-ring (bicyclic) bond motifs is 1. The second kappa shape index (κ2) is 4.46. The molecular weight excluding hydrogens is 245 g/mol. The predicted molar refractivity (Wildman–Crippen MR) is 71.2 cm³/mol. The van der Waals surface area contributed by atoms with Crippen LogP contribution in [-0.4, -0.2) is 18.0 Å². The van der Waals surface area contributed by atoms with Gasteiger partial charge >= 0.3 is 0 Å². The molecule has 2 N–H and O–H groups in total. The minimum absolute atomic E-state index is 0.0747. The first-order valence-electron chi connectivity index (χ1n) is 6.85. The number of hydrogen-bond acceptors (Lipinski definition) is 3. The van der Waals surface area contributed by atoms with Crippen LogP contribution < -0.4 is 5.73 Å². The van der Waals surface area contributed by atoms with Crippen LogP contribution in [0.5, 0.6) is 0 Å². The van der Waals surface area contributed by atoms with Gasteiger partial charge in [-0.15, -0.1) is 0 Å². The number of halogens is 1. The maximum Gasteiger partial charge on any atom is 0.163 e. The van der Waals surface area contributed by atoms with Crippen molar-refractivity contribution < 1.29 is 13.9 Å². The molecule has 1 saturated heterocycles. The molecular formula is C15H20FNO2. The fourth-order valence-corrected chi connectivity index (χ4v) is 3.27. The van der Waals surface area contributed by atoms with Crippen LogP contribution >= 0.6 is 0 Å². The molecule has 0 spiro atoms. The molecule has 2 aliphatic rings. The van der Waals surface area contributed by atoms with Crippen LogP contribution in [0.3, 0.4) is 0 Å². The van der Waals surface area contributed by atoms with E-state index in [0.717, 1.165) is 24.8 Å². The van der Waals surface area contributed by atoms with E-state index in [0.29, 0.717) is 5.69 Å². The van der Waals surface area contributed by atoms with Gasteiger partial charge in [0.15, 0.2) is 5.79 Å². The molecule has 3 nitrogen and oxygen atoms in total. The second-order valence-electron chi connectivity index (χ2n) is 6.00. The van der Waals surface area contributed by atoms with Gasteiger partial charge in [0, 0.05) is 5.69 Å². The minimum Gasteiger partial charge on any atom is -0.399 e. The Morgan fingerprint density at radius 1 is 1.21 bits per heavy atom. The number of anilines is 1. The van der Waals surface area contributed by atoms with E-state index in [9.17, 15) is 4.39 Å². The fourth-order valence-electron chi connectivity index (χ4n) is 3.27. The van der Waals surface area contributed by atoms with Crippen molar-refractivity contribution in [1.29, 1.82) is 0 Å². The first-order valence-corrected chi connectivity index (χ1v) is 6.85. The van der Waals surface area contributed by atoms with Gasteiger partial charge in [-0.2, -0.15) is 0 Å². The van der Waals surface area contributed by atoms with E-state index < -0.39 is 5.79 Å². The van der Waals surface area contributed by atoms with Gasteiger partial charge in [-0.1, -0.05) is 6.07 Å². The van der Waals surface area contributed by atoms with Gasteiger partial charge in [-0.05, 0) is 56.7 Å². The summed E-state index contributed by atoms with van der Waals surface area (Å²) in [6.45, 7) is 3.87. The molecule has 3 rings (SSSR count). The third kappa shape index (κ3) is 2.47. The molecule has 3 unspecified atom stereocenters. The van der Waals surface area contributed by atoms with Crippen molar-refractivity contribution in [2.45, 2.75) is 57.0 Å². The summed E-state index contributed by atoms with van der Waals surface area (Å²) in [5.41, 5.74) is 6.81. The second-order valence-corrected chi connectivity index (χ2v) is 6.00. The highest BCUT2D eigenvalue weighted by Gasteiger charge is 2.44. The fraction of sp³-hybridized carbons (Fsp3) is 0.600. The van der Waals surface area contributed by atoms with Crippen molar-refractivity contribution in [3.05, 3.63) is 29.6 Å². The zero-order valence-electron chi connectivity index (χ0n) is 11.4. The molecule has 3 atom stereocenters. The van der Waals surface area contributed by atoms with Gasteiger partial charge < -0.3 is 15.2 Å². The normalized spacial score (nSPS) is 33.1. The molecule has 1 aromatic carbocycles. The molecule has 0 radical (unpaired) electrons. The third-order valence-corrected chi connectivity index (χ3v) is 4.07. The first-order chi connectivity index (χ1) is 8.94. The zero-order valence-corrected chi connectivity index (χ0v) is 11.4. The number of rotatable bonds is 1. The summed E-state index contributed by atoms with van der Waals surface area (Å²) in [5.74, 6) is -0.523. The van der Waals surface area contributed by atoms with Crippen molar-refractivity contribution in [3.8, 4) is 0 Å². The van der Waals surface area contributed by atoms with Crippen molar-refractivity contribution in [3.63, 3.8) is 0 Å². The molecule has 1 saturated carbocycles. The Morgan fingerprint density at radius 2 is 1.95 bits per heavy atom. The van der Waals surface area contributed by atoms with E-state index >= 15 is 0 Å². The highest BCUT2D eigenvalue weighted by Crippen LogP contribution is 2.43. The minimum atomic E-state index is -0.510. The Hall–Kier alpha value is -1.13. The number of hydrogen-bond donors (Lipinski definition) is 1. The number of benzene rings is 1. The summed E-state index contributed by atoms with van der Waals surface area (Å²) in [5, 5.41) is 0. The van der Waals surface area contributed by atoms with Crippen LogP contribution in [0.1, 0.15) is 44.6 Å². The lowest BCUT2D eigenvalue weighted by Gasteiger charge is -2.29. The van der Waals surface area contributed by atoms with Gasteiger partial charge in [0.1, 0.15) is 5.82 Å². The van der Waals surface area contributed by atoms with E-state index in [-0.39, 0.29) is 23.9 Å². The van der Waals surface area contributed by atoms with Crippen LogP contribution in [-0.2, 0) is 9.47 Å². The van der Waals surface area contributed by atoms with Crippen molar-refractivity contribution >= 4 is 5.69 Å². The Kier molecular flexibility index (Phi) is 3.02. The molecule has 1 heterocycles. The molecule has 104 valence electrons. The summed E-state index contributed by atoms with van der Waals surface area (Å²) in [6.07, 6.45) is 2.90. The van der Waals surface area contributed by atoms with E-state index in [2.05, 4.69) is 0 Å². The molecule has 19 heavy (non-hydrogen) atoms. The molecule has 2 fully saturated rings. The van der Waals surface area contributed by atoms with E-state index in [1.54, 1.807) is 12.1 Å². The van der Waals surface area contributed by atoms with Gasteiger partial charge in [0.2, 0.25) is 0 Å². The standard InChI is InChI=1S/C15H20FNO2/c1-15(2)18-13-6-3-9(7-14(13)19-15)11-5-4-10(17)8-12(11)16/h4-5,8-9,13-14H,3,6-7,17H2,1-2H3. The monoisotopic (exact) mass is 265 g/mol. The summed E-state index contributed by atoms with van der Waals surface area (Å²) < 4.78 is 25.7. The van der Waals surface area contributed by atoms with Gasteiger partial charge in [-0.3, -0.25) is 0 Å². The Labute approximate surface area is 112 Å². The zero-order chi connectivity index (χ0) is 13.6. The Balaban J connectivity index is 1.78. The number of ether oxygens (including phenoxy) is 2. The smallest absolute Gasteiger partial charge is 0.163 e. The molecule has 4 heteroatoms. The summed E-state index contributed by atoms with van der Waals surface area (Å²) in [4.78, 5) is 0. The maximum atomic E-state index is 14.0. The summed E-state index contributed by atoms with van der Waals surface area (Å²) in [6, 6.07) is 4.97. The van der Waals surface area contributed by atoms with Crippen molar-refractivity contribution in [2.75, 3.05) is 5.73 Å². The van der Waals surface area contributed by atoms with Crippen LogP contribution in [0.25, 0.3) is 0 Å². The molecule has 1 aliphatic heterocycles. The topological polar surface area (TPSA) is 44.5 Å². The van der Waals surface area contributed by atoms with Crippen LogP contribution in [0.2, 0.25) is 0 Å². The van der Waals surface area contributed by atoms with E-state index in [1.165, 1.54) is 6.07 Å². The molecule has 0 bridgehead atoms. The van der Waals surface area contributed by atoms with E-state index in [1.807, 2.05) is 13.8 Å². The SMILES string of the molecule is CC1(C)OC2CCC(c3ccc(N)cc3F)CC2O1. The van der Waals surface area contributed by atoms with E-state index in [4.69, 9.17) is 15.2 Å². The van der Waals surface area contributed by atoms with Gasteiger partial charge in [0.05, 0.1) is 12.2 Å². The molecule has 0 amide bonds.